The molecule has 2 N–H and O–H groups in total. The predicted octanol–water partition coefficient (Wildman–Crippen LogP) is 2.02. The van der Waals surface area contributed by atoms with E-state index in [2.05, 4.69) is 29.3 Å². The average Bonchev–Trinajstić information content (AvgIpc) is 2.48. The first-order chi connectivity index (χ1) is 9.74. The number of anilines is 1. The second-order valence-corrected chi connectivity index (χ2v) is 5.36. The molecule has 0 spiro atoms. The standard InChI is InChI=1S/C16H23N3O/c1-2-7-18-12-13-3-4-16(14(10-13)11-17)19-8-5-15(20)6-9-19/h3-4,10,15,18,20H,2,5-9,12H2,1H3. The first-order valence-electron chi connectivity index (χ1n) is 7.41. The van der Waals surface area contributed by atoms with Gasteiger partial charge in [-0.3, -0.25) is 0 Å². The maximum atomic E-state index is 9.57. The summed E-state index contributed by atoms with van der Waals surface area (Å²) in [5.41, 5.74) is 2.88. The zero-order valence-corrected chi connectivity index (χ0v) is 12.1. The molecule has 4 nitrogen and oxygen atoms in total. The number of nitrogens with zero attached hydrogens (tertiary/aromatic N) is 2. The summed E-state index contributed by atoms with van der Waals surface area (Å²) < 4.78 is 0. The van der Waals surface area contributed by atoms with Gasteiger partial charge in [-0.25, -0.2) is 0 Å². The lowest BCUT2D eigenvalue weighted by atomic mass is 10.0. The molecule has 0 amide bonds. The monoisotopic (exact) mass is 273 g/mol. The summed E-state index contributed by atoms with van der Waals surface area (Å²) in [5, 5.41) is 22.3. The van der Waals surface area contributed by atoms with E-state index in [1.54, 1.807) is 0 Å². The second-order valence-electron chi connectivity index (χ2n) is 5.36. The zero-order chi connectivity index (χ0) is 14.4. The van der Waals surface area contributed by atoms with Crippen LogP contribution in [0.1, 0.15) is 37.3 Å². The van der Waals surface area contributed by atoms with Crippen LogP contribution in [0.4, 0.5) is 5.69 Å². The number of hydrogen-bond donors (Lipinski definition) is 2. The lowest BCUT2D eigenvalue weighted by molar-refractivity contribution is 0.145. The number of aliphatic hydroxyl groups is 1. The van der Waals surface area contributed by atoms with Crippen LogP contribution >= 0.6 is 0 Å². The van der Waals surface area contributed by atoms with Crippen molar-refractivity contribution in [1.29, 1.82) is 5.26 Å². The second kappa shape index (κ2) is 7.28. The van der Waals surface area contributed by atoms with Crippen molar-refractivity contribution in [3.8, 4) is 6.07 Å². The van der Waals surface area contributed by atoms with Crippen molar-refractivity contribution < 1.29 is 5.11 Å². The fourth-order valence-corrected chi connectivity index (χ4v) is 2.57. The quantitative estimate of drug-likeness (QED) is 0.806. The normalized spacial score (nSPS) is 16.1. The summed E-state index contributed by atoms with van der Waals surface area (Å²) in [5.74, 6) is 0. The van der Waals surface area contributed by atoms with E-state index in [1.807, 2.05) is 12.1 Å². The first-order valence-corrected chi connectivity index (χ1v) is 7.41. The molecule has 20 heavy (non-hydrogen) atoms. The topological polar surface area (TPSA) is 59.3 Å². The van der Waals surface area contributed by atoms with Gasteiger partial charge in [-0.05, 0) is 43.5 Å². The average molecular weight is 273 g/mol. The third kappa shape index (κ3) is 3.72. The summed E-state index contributed by atoms with van der Waals surface area (Å²) in [6.07, 6.45) is 2.49. The molecule has 0 saturated carbocycles. The Labute approximate surface area is 121 Å². The highest BCUT2D eigenvalue weighted by atomic mass is 16.3. The van der Waals surface area contributed by atoms with E-state index < -0.39 is 0 Å². The minimum absolute atomic E-state index is 0.186. The summed E-state index contributed by atoms with van der Waals surface area (Å²) in [6, 6.07) is 8.41. The van der Waals surface area contributed by atoms with Crippen LogP contribution < -0.4 is 10.2 Å². The SMILES string of the molecule is CCCNCc1ccc(N2CCC(O)CC2)c(C#N)c1. The van der Waals surface area contributed by atoms with Gasteiger partial charge in [0, 0.05) is 19.6 Å². The van der Waals surface area contributed by atoms with Gasteiger partial charge < -0.3 is 15.3 Å². The van der Waals surface area contributed by atoms with E-state index in [4.69, 9.17) is 0 Å². The number of hydrogen-bond acceptors (Lipinski definition) is 4. The van der Waals surface area contributed by atoms with Crippen LogP contribution in [-0.2, 0) is 6.54 Å². The van der Waals surface area contributed by atoms with E-state index in [-0.39, 0.29) is 6.10 Å². The molecule has 4 heteroatoms. The summed E-state index contributed by atoms with van der Waals surface area (Å²) in [4.78, 5) is 2.20. The van der Waals surface area contributed by atoms with Crippen LogP contribution in [0.2, 0.25) is 0 Å². The third-order valence-electron chi connectivity index (χ3n) is 3.74. The van der Waals surface area contributed by atoms with Gasteiger partial charge in [-0.1, -0.05) is 13.0 Å². The van der Waals surface area contributed by atoms with Crippen molar-refractivity contribution >= 4 is 5.69 Å². The van der Waals surface area contributed by atoms with Crippen molar-refractivity contribution in [3.05, 3.63) is 29.3 Å². The van der Waals surface area contributed by atoms with E-state index in [9.17, 15) is 10.4 Å². The van der Waals surface area contributed by atoms with E-state index in [0.29, 0.717) is 0 Å². The third-order valence-corrected chi connectivity index (χ3v) is 3.74. The van der Waals surface area contributed by atoms with Gasteiger partial charge >= 0.3 is 0 Å². The van der Waals surface area contributed by atoms with Crippen molar-refractivity contribution in [3.63, 3.8) is 0 Å². The van der Waals surface area contributed by atoms with Crippen LogP contribution in [0.15, 0.2) is 18.2 Å². The Bertz CT molecular complexity index is 473. The highest BCUT2D eigenvalue weighted by molar-refractivity contribution is 5.60. The molecule has 108 valence electrons. The van der Waals surface area contributed by atoms with Crippen LogP contribution in [0.3, 0.4) is 0 Å². The molecule has 1 heterocycles. The molecule has 2 rings (SSSR count). The zero-order valence-electron chi connectivity index (χ0n) is 12.1. The maximum Gasteiger partial charge on any atom is 0.101 e. The first kappa shape index (κ1) is 14.8. The Morgan fingerprint density at radius 1 is 1.40 bits per heavy atom. The summed E-state index contributed by atoms with van der Waals surface area (Å²) in [6.45, 7) is 5.59. The molecule has 1 aliphatic rings. The Kier molecular flexibility index (Phi) is 5.40. The molecule has 1 saturated heterocycles. The summed E-state index contributed by atoms with van der Waals surface area (Å²) >= 11 is 0. The van der Waals surface area contributed by atoms with Gasteiger partial charge in [0.05, 0.1) is 17.4 Å². The molecule has 0 radical (unpaired) electrons. The van der Waals surface area contributed by atoms with Gasteiger partial charge in [0.2, 0.25) is 0 Å². The number of rotatable bonds is 5. The smallest absolute Gasteiger partial charge is 0.101 e. The van der Waals surface area contributed by atoms with Gasteiger partial charge in [0.15, 0.2) is 0 Å². The Morgan fingerprint density at radius 3 is 2.80 bits per heavy atom. The highest BCUT2D eigenvalue weighted by Crippen LogP contribution is 2.25. The highest BCUT2D eigenvalue weighted by Gasteiger charge is 2.19. The molecule has 1 fully saturated rings. The molecule has 0 aliphatic carbocycles. The predicted molar refractivity (Wildman–Crippen MR) is 80.6 cm³/mol. The van der Waals surface area contributed by atoms with E-state index in [1.165, 1.54) is 0 Å². The van der Waals surface area contributed by atoms with Gasteiger partial charge in [0.1, 0.15) is 6.07 Å². The Hall–Kier alpha value is -1.57. The number of piperidine rings is 1. The molecule has 0 bridgehead atoms. The van der Waals surface area contributed by atoms with Crippen LogP contribution in [0.5, 0.6) is 0 Å². The minimum Gasteiger partial charge on any atom is -0.393 e. The van der Waals surface area contributed by atoms with Gasteiger partial charge in [-0.2, -0.15) is 5.26 Å². The minimum atomic E-state index is -0.186. The molecular formula is C16H23N3O. The number of aliphatic hydroxyl groups excluding tert-OH is 1. The molecule has 1 aliphatic heterocycles. The van der Waals surface area contributed by atoms with Gasteiger partial charge in [-0.15, -0.1) is 0 Å². The Morgan fingerprint density at radius 2 is 2.15 bits per heavy atom. The maximum absolute atomic E-state index is 9.57. The van der Waals surface area contributed by atoms with E-state index in [0.717, 1.165) is 62.3 Å². The molecule has 1 aromatic rings. The molecule has 0 unspecified atom stereocenters. The molecule has 0 aromatic heterocycles. The Balaban J connectivity index is 2.08. The fraction of sp³-hybridized carbons (Fsp3) is 0.562. The van der Waals surface area contributed by atoms with Crippen LogP contribution in [0, 0.1) is 11.3 Å². The van der Waals surface area contributed by atoms with Crippen LogP contribution in [0.25, 0.3) is 0 Å². The van der Waals surface area contributed by atoms with Crippen molar-refractivity contribution in [2.75, 3.05) is 24.5 Å². The molecule has 1 aromatic carbocycles. The van der Waals surface area contributed by atoms with Crippen molar-refractivity contribution in [2.24, 2.45) is 0 Å². The van der Waals surface area contributed by atoms with Crippen molar-refractivity contribution in [2.45, 2.75) is 38.8 Å². The fourth-order valence-electron chi connectivity index (χ4n) is 2.57. The van der Waals surface area contributed by atoms with E-state index >= 15 is 0 Å². The molecular weight excluding hydrogens is 250 g/mol. The largest absolute Gasteiger partial charge is 0.393 e. The lowest BCUT2D eigenvalue weighted by Crippen LogP contribution is -2.36. The van der Waals surface area contributed by atoms with Crippen LogP contribution in [-0.4, -0.2) is 30.8 Å². The summed E-state index contributed by atoms with van der Waals surface area (Å²) in [7, 11) is 0. The number of benzene rings is 1. The number of nitrogens with one attached hydrogen (secondary N) is 1. The van der Waals surface area contributed by atoms with Crippen molar-refractivity contribution in [1.82, 2.24) is 5.32 Å². The van der Waals surface area contributed by atoms with Gasteiger partial charge in [0.25, 0.3) is 0 Å². The number of nitriles is 1. The molecule has 0 atom stereocenters. The lowest BCUT2D eigenvalue weighted by Gasteiger charge is -2.32.